The molecule has 16 heavy (non-hydrogen) atoms. The first kappa shape index (κ1) is 10.9. The van der Waals surface area contributed by atoms with E-state index in [4.69, 9.17) is 0 Å². The summed E-state index contributed by atoms with van der Waals surface area (Å²) in [6.07, 6.45) is 3.19. The van der Waals surface area contributed by atoms with Crippen molar-refractivity contribution in [3.63, 3.8) is 0 Å². The zero-order valence-corrected chi connectivity index (χ0v) is 15.4. The normalized spacial score (nSPS) is 76.3. The molecule has 0 nitrogen and oxygen atoms in total. The van der Waals surface area contributed by atoms with Crippen molar-refractivity contribution in [1.29, 1.82) is 0 Å². The van der Waals surface area contributed by atoms with Crippen molar-refractivity contribution in [1.82, 2.24) is 0 Å². The number of hydrogen-bond donors (Lipinski definition) is 0. The second-order valence-electron chi connectivity index (χ2n) is 6.74. The predicted molar refractivity (Wildman–Crippen MR) is 90.6 cm³/mol. The van der Waals surface area contributed by atoms with Crippen molar-refractivity contribution in [3.05, 3.63) is 0 Å². The van der Waals surface area contributed by atoms with Crippen LogP contribution < -0.4 is 0 Å². The second kappa shape index (κ2) is 3.09. The van der Waals surface area contributed by atoms with Crippen LogP contribution in [0.15, 0.2) is 0 Å². The van der Waals surface area contributed by atoms with Gasteiger partial charge in [0.15, 0.2) is 0 Å². The largest absolute Gasteiger partial charge is 0.0864 e. The Morgan fingerprint density at radius 3 is 2.56 bits per heavy atom. The van der Waals surface area contributed by atoms with Gasteiger partial charge in [-0.3, -0.25) is 0 Å². The van der Waals surface area contributed by atoms with Crippen LogP contribution in [0, 0.1) is 46.8 Å². The number of alkyl halides is 3. The lowest BCUT2D eigenvalue weighted by Crippen LogP contribution is -2.40. The Bertz CT molecular complexity index is 379. The first-order chi connectivity index (χ1) is 7.73. The summed E-state index contributed by atoms with van der Waals surface area (Å²) in [7, 11) is 0. The highest BCUT2D eigenvalue weighted by molar-refractivity contribution is 14.1. The molecule has 0 aromatic heterocycles. The molecule has 0 heterocycles. The average Bonchev–Trinajstić information content (AvgIpc) is 2.95. The van der Waals surface area contributed by atoms with Gasteiger partial charge >= 0.3 is 0 Å². The van der Waals surface area contributed by atoms with Crippen LogP contribution in [0.25, 0.3) is 0 Å². The van der Waals surface area contributed by atoms with Crippen LogP contribution in [-0.4, -0.2) is 12.3 Å². The molecule has 88 valence electrons. The monoisotopic (exact) mass is 552 g/mol. The lowest BCUT2D eigenvalue weighted by molar-refractivity contribution is 0.0549. The predicted octanol–water partition coefficient (Wildman–Crippen LogP) is 4.18. The lowest BCUT2D eigenvalue weighted by Gasteiger charge is -2.42. The van der Waals surface area contributed by atoms with Crippen molar-refractivity contribution in [2.45, 2.75) is 20.7 Å². The topological polar surface area (TPSA) is 0 Å². The third-order valence-electron chi connectivity index (χ3n) is 7.09. The van der Waals surface area contributed by atoms with Crippen LogP contribution in [0.4, 0.5) is 0 Å². The first-order valence-corrected chi connectivity index (χ1v) is 10.6. The van der Waals surface area contributed by atoms with Crippen molar-refractivity contribution in [2.75, 3.05) is 4.43 Å². The summed E-state index contributed by atoms with van der Waals surface area (Å²) in [4.78, 5) is 0. The maximum absolute atomic E-state index is 2.88. The molecule has 6 aliphatic carbocycles. The molecule has 7 unspecified atom stereocenters. The Kier molecular flexibility index (Phi) is 2.11. The van der Waals surface area contributed by atoms with Crippen LogP contribution in [0.1, 0.15) is 12.8 Å². The van der Waals surface area contributed by atoms with Crippen molar-refractivity contribution >= 4 is 67.8 Å². The summed E-state index contributed by atoms with van der Waals surface area (Å²) in [6, 6.07) is 0. The molecule has 6 saturated carbocycles. The number of hydrogen-bond acceptors (Lipinski definition) is 0. The minimum absolute atomic E-state index is 0.825. The van der Waals surface area contributed by atoms with Crippen LogP contribution in [0.3, 0.4) is 0 Å². The van der Waals surface area contributed by atoms with Crippen molar-refractivity contribution < 1.29 is 0 Å². The highest BCUT2D eigenvalue weighted by atomic mass is 127. The molecule has 0 aliphatic heterocycles. The molecule has 0 radical (unpaired) electrons. The lowest BCUT2D eigenvalue weighted by atomic mass is 9.62. The highest BCUT2D eigenvalue weighted by Gasteiger charge is 2.87. The van der Waals surface area contributed by atoms with E-state index in [1.807, 2.05) is 0 Å². The first-order valence-electron chi connectivity index (χ1n) is 6.57. The van der Waals surface area contributed by atoms with Gasteiger partial charge in [0, 0.05) is 12.3 Å². The molecule has 0 amide bonds. The molecular weight excluding hydrogens is 537 g/mol. The minimum atomic E-state index is 0.825. The summed E-state index contributed by atoms with van der Waals surface area (Å²) in [6.45, 7) is 0. The van der Waals surface area contributed by atoms with Gasteiger partial charge < -0.3 is 0 Å². The van der Waals surface area contributed by atoms with Gasteiger partial charge in [-0.25, -0.2) is 0 Å². The average molecular weight is 552 g/mol. The molecule has 0 spiro atoms. The van der Waals surface area contributed by atoms with E-state index in [1.54, 1.807) is 12.8 Å². The van der Waals surface area contributed by atoms with Crippen molar-refractivity contribution in [3.8, 4) is 0 Å². The van der Waals surface area contributed by atoms with Gasteiger partial charge in [-0.15, -0.1) is 0 Å². The van der Waals surface area contributed by atoms with E-state index < -0.39 is 0 Å². The van der Waals surface area contributed by atoms with Crippen LogP contribution in [-0.2, 0) is 0 Å². The van der Waals surface area contributed by atoms with E-state index in [9.17, 15) is 0 Å². The smallest absolute Gasteiger partial charge is 0.0206 e. The SMILES string of the molecule is ICC[C@]12C(I)C3C4C1C(I)C1C2[C@H]3C[C@H]41. The zero-order valence-electron chi connectivity index (χ0n) is 8.95. The van der Waals surface area contributed by atoms with Gasteiger partial charge in [0.1, 0.15) is 0 Å². The Balaban J connectivity index is 1.76. The fraction of sp³-hybridized carbons (Fsp3) is 1.00. The molecule has 0 N–H and O–H groups in total. The Morgan fingerprint density at radius 2 is 1.81 bits per heavy atom. The van der Waals surface area contributed by atoms with E-state index in [2.05, 4.69) is 67.8 Å². The van der Waals surface area contributed by atoms with Crippen molar-refractivity contribution in [2.24, 2.45) is 46.8 Å². The Morgan fingerprint density at radius 1 is 1.00 bits per heavy atom. The van der Waals surface area contributed by atoms with E-state index in [0.29, 0.717) is 0 Å². The Hall–Kier alpha value is 2.19. The number of halogens is 3. The molecule has 6 rings (SSSR count). The summed E-state index contributed by atoms with van der Waals surface area (Å²) < 4.78 is 3.52. The van der Waals surface area contributed by atoms with Crippen LogP contribution >= 0.6 is 67.8 Å². The minimum Gasteiger partial charge on any atom is -0.0864 e. The summed E-state index contributed by atoms with van der Waals surface area (Å²) in [5.74, 6) is 8.21. The summed E-state index contributed by atoms with van der Waals surface area (Å²) in [5.41, 5.74) is 0.825. The molecule has 6 aliphatic rings. The molecule has 6 bridgehead atoms. The van der Waals surface area contributed by atoms with Gasteiger partial charge in [0.05, 0.1) is 0 Å². The van der Waals surface area contributed by atoms with Gasteiger partial charge in [-0.2, -0.15) is 0 Å². The van der Waals surface area contributed by atoms with E-state index in [1.165, 1.54) is 39.9 Å². The molecule has 6 fully saturated rings. The highest BCUT2D eigenvalue weighted by Crippen LogP contribution is 2.89. The molecule has 0 saturated heterocycles. The second-order valence-corrected chi connectivity index (χ2v) is 10.6. The van der Waals surface area contributed by atoms with Gasteiger partial charge in [-0.05, 0) is 59.7 Å². The maximum atomic E-state index is 2.88. The molecule has 0 aromatic rings. The fourth-order valence-corrected chi connectivity index (χ4v) is 12.6. The van der Waals surface area contributed by atoms with Crippen LogP contribution in [0.5, 0.6) is 0 Å². The van der Waals surface area contributed by atoms with Crippen LogP contribution in [0.2, 0.25) is 0 Å². The molecule has 0 aromatic carbocycles. The van der Waals surface area contributed by atoms with E-state index in [0.717, 1.165) is 19.2 Å². The van der Waals surface area contributed by atoms with Gasteiger partial charge in [0.2, 0.25) is 0 Å². The Labute approximate surface area is 138 Å². The van der Waals surface area contributed by atoms with E-state index in [-0.39, 0.29) is 0 Å². The third kappa shape index (κ3) is 0.803. The molecular formula is C13H15I3. The molecule has 10 atom stereocenters. The quantitative estimate of drug-likeness (QED) is 0.357. The number of rotatable bonds is 2. The zero-order chi connectivity index (χ0) is 10.8. The maximum Gasteiger partial charge on any atom is 0.0206 e. The summed E-state index contributed by atoms with van der Waals surface area (Å²) in [5, 5.41) is 0. The molecule has 3 heteroatoms. The standard InChI is InChI=1S/C13H15I3/c14-2-1-13-9-5-3-4-6(7(5)12(13)16)10(13)11(15)8(4)9/h4-12H,1-3H2/t4-,5+,6?,7?,8?,9?,10?,11?,12?,13-/m1/s1. The van der Waals surface area contributed by atoms with E-state index >= 15 is 0 Å². The fourth-order valence-electron chi connectivity index (χ4n) is 7.35. The van der Waals surface area contributed by atoms with Gasteiger partial charge in [0.25, 0.3) is 0 Å². The summed E-state index contributed by atoms with van der Waals surface area (Å²) >= 11 is 8.37. The van der Waals surface area contributed by atoms with Gasteiger partial charge in [-0.1, -0.05) is 67.8 Å². The third-order valence-corrected chi connectivity index (χ3v) is 11.2.